The molecule has 0 aliphatic heterocycles. The van der Waals surface area contributed by atoms with Gasteiger partial charge in [-0.2, -0.15) is 16.5 Å². The summed E-state index contributed by atoms with van der Waals surface area (Å²) >= 11 is 1.55. The van der Waals surface area contributed by atoms with Crippen molar-refractivity contribution in [2.75, 3.05) is 18.6 Å². The predicted molar refractivity (Wildman–Crippen MR) is 94.4 cm³/mol. The van der Waals surface area contributed by atoms with Crippen molar-refractivity contribution in [3.8, 4) is 0 Å². The van der Waals surface area contributed by atoms with E-state index in [1.165, 1.54) is 0 Å². The largest absolute Gasteiger partial charge is 0.465 e. The Labute approximate surface area is 143 Å². The third kappa shape index (κ3) is 5.51. The topological polar surface area (TPSA) is 72.5 Å². The lowest BCUT2D eigenvalue weighted by atomic mass is 10.1. The number of benzene rings is 1. The van der Waals surface area contributed by atoms with Crippen molar-refractivity contribution in [3.63, 3.8) is 0 Å². The van der Waals surface area contributed by atoms with Crippen LogP contribution in [-0.2, 0) is 19.6 Å². The first-order chi connectivity index (χ1) is 10.7. The van der Waals surface area contributed by atoms with E-state index in [2.05, 4.69) is 4.72 Å². The fourth-order valence-electron chi connectivity index (χ4n) is 2.54. The van der Waals surface area contributed by atoms with Crippen LogP contribution in [0, 0.1) is 20.8 Å². The zero-order chi connectivity index (χ0) is 17.6. The summed E-state index contributed by atoms with van der Waals surface area (Å²) in [6.45, 7) is 7.36. The van der Waals surface area contributed by atoms with Crippen molar-refractivity contribution in [2.24, 2.45) is 0 Å². The second-order valence-corrected chi connectivity index (χ2v) is 8.07. The van der Waals surface area contributed by atoms with Gasteiger partial charge in [0, 0.05) is 0 Å². The quantitative estimate of drug-likeness (QED) is 0.722. The molecule has 0 aliphatic carbocycles. The van der Waals surface area contributed by atoms with Gasteiger partial charge in [0.25, 0.3) is 0 Å². The lowest BCUT2D eigenvalue weighted by molar-refractivity contribution is -0.145. The summed E-state index contributed by atoms with van der Waals surface area (Å²) in [6.07, 6.45) is 2.30. The average Bonchev–Trinajstić information content (AvgIpc) is 2.41. The SMILES string of the molecule is CCOC(=O)C(CCSC)NS(=O)(=O)c1c(C)cc(C)cc1C. The van der Waals surface area contributed by atoms with Crippen LogP contribution < -0.4 is 4.72 Å². The number of nitrogens with one attached hydrogen (secondary N) is 1. The number of thioether (sulfide) groups is 1. The van der Waals surface area contributed by atoms with Gasteiger partial charge in [0.15, 0.2) is 0 Å². The van der Waals surface area contributed by atoms with E-state index < -0.39 is 22.0 Å². The van der Waals surface area contributed by atoms with E-state index in [4.69, 9.17) is 4.74 Å². The van der Waals surface area contributed by atoms with Crippen molar-refractivity contribution in [3.05, 3.63) is 28.8 Å². The second-order valence-electron chi connectivity index (χ2n) is 5.44. The number of ether oxygens (including phenoxy) is 1. The van der Waals surface area contributed by atoms with Gasteiger partial charge < -0.3 is 4.74 Å². The summed E-state index contributed by atoms with van der Waals surface area (Å²) < 4.78 is 33.0. The van der Waals surface area contributed by atoms with Crippen molar-refractivity contribution < 1.29 is 17.9 Å². The minimum atomic E-state index is -3.79. The van der Waals surface area contributed by atoms with Crippen molar-refractivity contribution in [2.45, 2.75) is 45.1 Å². The first kappa shape index (κ1) is 20.0. The van der Waals surface area contributed by atoms with Gasteiger partial charge in [-0.1, -0.05) is 17.7 Å². The number of carbonyl (C=O) groups is 1. The number of carbonyl (C=O) groups excluding carboxylic acids is 1. The Balaban J connectivity index is 3.13. The lowest BCUT2D eigenvalue weighted by Gasteiger charge is -2.19. The molecule has 1 unspecified atom stereocenters. The third-order valence-corrected chi connectivity index (χ3v) is 5.77. The average molecular weight is 360 g/mol. The lowest BCUT2D eigenvalue weighted by Crippen LogP contribution is -2.42. The summed E-state index contributed by atoms with van der Waals surface area (Å²) in [6, 6.07) is 2.78. The Morgan fingerprint density at radius 2 is 1.83 bits per heavy atom. The Morgan fingerprint density at radius 3 is 2.30 bits per heavy atom. The zero-order valence-corrected chi connectivity index (χ0v) is 15.9. The molecule has 1 N–H and O–H groups in total. The van der Waals surface area contributed by atoms with Gasteiger partial charge in [-0.25, -0.2) is 8.42 Å². The van der Waals surface area contributed by atoms with E-state index in [-0.39, 0.29) is 11.5 Å². The molecule has 0 fully saturated rings. The standard InChI is InChI=1S/C16H25NO4S2/c1-6-21-16(18)14(7-8-22-5)17-23(19,20)15-12(3)9-11(2)10-13(15)4/h9-10,14,17H,6-8H2,1-5H3. The summed E-state index contributed by atoms with van der Waals surface area (Å²) in [7, 11) is -3.79. The Hall–Kier alpha value is -1.05. The molecule has 0 amide bonds. The second kappa shape index (κ2) is 8.70. The molecule has 130 valence electrons. The summed E-state index contributed by atoms with van der Waals surface area (Å²) in [5.74, 6) is 0.130. The highest BCUT2D eigenvalue weighted by atomic mass is 32.2. The Bertz CT molecular complexity index is 633. The molecule has 1 aromatic rings. The molecule has 0 saturated carbocycles. The van der Waals surface area contributed by atoms with Crippen LogP contribution in [0.15, 0.2) is 17.0 Å². The number of hydrogen-bond acceptors (Lipinski definition) is 5. The van der Waals surface area contributed by atoms with Crippen molar-refractivity contribution in [1.82, 2.24) is 4.72 Å². The fourth-order valence-corrected chi connectivity index (χ4v) is 4.68. The monoisotopic (exact) mass is 359 g/mol. The molecule has 0 bridgehead atoms. The first-order valence-corrected chi connectivity index (χ1v) is 10.4. The normalized spacial score (nSPS) is 12.9. The number of hydrogen-bond donors (Lipinski definition) is 1. The van der Waals surface area contributed by atoms with Crippen LogP contribution in [0.2, 0.25) is 0 Å². The van der Waals surface area contributed by atoms with Crippen LogP contribution in [0.3, 0.4) is 0 Å². The molecule has 0 heterocycles. The fraction of sp³-hybridized carbons (Fsp3) is 0.562. The van der Waals surface area contributed by atoms with E-state index in [9.17, 15) is 13.2 Å². The van der Waals surface area contributed by atoms with Gasteiger partial charge >= 0.3 is 5.97 Å². The first-order valence-electron chi connectivity index (χ1n) is 7.48. The Kier molecular flexibility index (Phi) is 7.57. The number of rotatable bonds is 8. The Morgan fingerprint density at radius 1 is 1.26 bits per heavy atom. The maximum atomic E-state index is 12.7. The van der Waals surface area contributed by atoms with Crippen LogP contribution in [0.4, 0.5) is 0 Å². The minimum absolute atomic E-state index is 0.221. The molecule has 5 nitrogen and oxygen atoms in total. The van der Waals surface area contributed by atoms with Gasteiger partial charge in [0.05, 0.1) is 11.5 Å². The maximum absolute atomic E-state index is 12.7. The van der Waals surface area contributed by atoms with Crippen LogP contribution in [0.5, 0.6) is 0 Å². The number of esters is 1. The van der Waals surface area contributed by atoms with Crippen molar-refractivity contribution >= 4 is 27.8 Å². The smallest absolute Gasteiger partial charge is 0.324 e. The molecule has 0 aromatic heterocycles. The molecule has 0 spiro atoms. The molecule has 0 saturated heterocycles. The highest BCUT2D eigenvalue weighted by molar-refractivity contribution is 7.98. The van der Waals surface area contributed by atoms with Gasteiger partial charge in [-0.05, 0) is 57.3 Å². The molecule has 1 aromatic carbocycles. The van der Waals surface area contributed by atoms with Crippen LogP contribution >= 0.6 is 11.8 Å². The highest BCUT2D eigenvalue weighted by Crippen LogP contribution is 2.22. The van der Waals surface area contributed by atoms with Gasteiger partial charge in [0.1, 0.15) is 6.04 Å². The van der Waals surface area contributed by atoms with Crippen LogP contribution in [0.25, 0.3) is 0 Å². The molecule has 23 heavy (non-hydrogen) atoms. The number of aryl methyl sites for hydroxylation is 3. The molecule has 7 heteroatoms. The third-order valence-electron chi connectivity index (χ3n) is 3.35. The van der Waals surface area contributed by atoms with E-state index in [1.54, 1.807) is 32.5 Å². The van der Waals surface area contributed by atoms with Gasteiger partial charge in [-0.3, -0.25) is 4.79 Å². The molecule has 0 aliphatic rings. The van der Waals surface area contributed by atoms with Crippen LogP contribution in [0.1, 0.15) is 30.0 Å². The zero-order valence-electron chi connectivity index (χ0n) is 14.3. The van der Waals surface area contributed by atoms with E-state index in [0.717, 1.165) is 5.56 Å². The molecule has 0 radical (unpaired) electrons. The predicted octanol–water partition coefficient (Wildman–Crippen LogP) is 2.57. The van der Waals surface area contributed by atoms with Crippen LogP contribution in [-0.4, -0.2) is 39.0 Å². The summed E-state index contributed by atoms with van der Waals surface area (Å²) in [4.78, 5) is 12.3. The highest BCUT2D eigenvalue weighted by Gasteiger charge is 2.28. The number of sulfonamides is 1. The van der Waals surface area contributed by atoms with E-state index in [0.29, 0.717) is 23.3 Å². The van der Waals surface area contributed by atoms with E-state index in [1.807, 2.05) is 25.3 Å². The van der Waals surface area contributed by atoms with Gasteiger partial charge in [0.2, 0.25) is 10.0 Å². The molecular formula is C16H25NO4S2. The maximum Gasteiger partial charge on any atom is 0.324 e. The summed E-state index contributed by atoms with van der Waals surface area (Å²) in [5.41, 5.74) is 2.34. The molecule has 1 rings (SSSR count). The minimum Gasteiger partial charge on any atom is -0.465 e. The molecular weight excluding hydrogens is 334 g/mol. The summed E-state index contributed by atoms with van der Waals surface area (Å²) in [5, 5.41) is 0. The molecule has 1 atom stereocenters. The van der Waals surface area contributed by atoms with Gasteiger partial charge in [-0.15, -0.1) is 0 Å². The van der Waals surface area contributed by atoms with Crippen molar-refractivity contribution in [1.29, 1.82) is 0 Å². The van der Waals surface area contributed by atoms with E-state index >= 15 is 0 Å².